The average Bonchev–Trinajstić information content (AvgIpc) is 2.15. The van der Waals surface area contributed by atoms with E-state index in [1.54, 1.807) is 16.1 Å². The first kappa shape index (κ1) is 10.4. The van der Waals surface area contributed by atoms with E-state index < -0.39 is 0 Å². The van der Waals surface area contributed by atoms with E-state index in [9.17, 15) is 4.79 Å². The van der Waals surface area contributed by atoms with Gasteiger partial charge in [0.25, 0.3) is 5.91 Å². The van der Waals surface area contributed by atoms with Gasteiger partial charge in [-0.3, -0.25) is 10.5 Å². The molecule has 62 valence electrons. The molecule has 0 aromatic carbocycles. The Labute approximate surface area is 78.6 Å². The Morgan fingerprint density at radius 1 is 1.73 bits per heavy atom. The molecule has 0 saturated heterocycles. The summed E-state index contributed by atoms with van der Waals surface area (Å²) in [6.45, 7) is 0.162. The van der Waals surface area contributed by atoms with Crippen LogP contribution in [0.2, 0.25) is 0 Å². The molecular weight excluding hydrogens is 230 g/mol. The van der Waals surface area contributed by atoms with Gasteiger partial charge < -0.3 is 22.7 Å². The van der Waals surface area contributed by atoms with Crippen LogP contribution in [0.3, 0.4) is 0 Å². The van der Waals surface area contributed by atoms with Gasteiger partial charge in [-0.15, -0.1) is 0 Å². The SMILES string of the molecule is NC(=O)C[n+]1ccsc1N.[Br-]. The highest BCUT2D eigenvalue weighted by Gasteiger charge is 2.06. The molecular formula is C5H8BrN3OS. The maximum Gasteiger partial charge on any atom is 0.332 e. The minimum atomic E-state index is -0.380. The number of rotatable bonds is 2. The fraction of sp³-hybridized carbons (Fsp3) is 0.200. The summed E-state index contributed by atoms with van der Waals surface area (Å²) < 4.78 is 1.60. The number of carbonyl (C=O) groups excluding carboxylic acids is 1. The minimum absolute atomic E-state index is 0. The number of anilines is 1. The molecule has 4 N–H and O–H groups in total. The third-order valence-electron chi connectivity index (χ3n) is 1.04. The summed E-state index contributed by atoms with van der Waals surface area (Å²) in [5.74, 6) is -0.380. The van der Waals surface area contributed by atoms with Gasteiger partial charge in [0.1, 0.15) is 6.20 Å². The van der Waals surface area contributed by atoms with E-state index >= 15 is 0 Å². The van der Waals surface area contributed by atoms with Crippen LogP contribution in [0, 0.1) is 0 Å². The van der Waals surface area contributed by atoms with Crippen molar-refractivity contribution in [2.45, 2.75) is 6.54 Å². The topological polar surface area (TPSA) is 73.0 Å². The maximum absolute atomic E-state index is 10.4. The predicted octanol–water partition coefficient (Wildman–Crippen LogP) is -3.89. The van der Waals surface area contributed by atoms with Crippen molar-refractivity contribution in [2.75, 3.05) is 5.73 Å². The lowest BCUT2D eigenvalue weighted by Crippen LogP contribution is -3.00. The lowest BCUT2D eigenvalue weighted by molar-refractivity contribution is -0.665. The lowest BCUT2D eigenvalue weighted by Gasteiger charge is -1.90. The lowest BCUT2D eigenvalue weighted by atomic mass is 10.6. The molecule has 1 aromatic heterocycles. The normalized spacial score (nSPS) is 8.73. The minimum Gasteiger partial charge on any atom is -1.00 e. The average molecular weight is 238 g/mol. The zero-order valence-corrected chi connectivity index (χ0v) is 8.06. The van der Waals surface area contributed by atoms with E-state index in [2.05, 4.69) is 0 Å². The zero-order chi connectivity index (χ0) is 7.56. The molecule has 11 heavy (non-hydrogen) atoms. The summed E-state index contributed by atoms with van der Waals surface area (Å²) in [7, 11) is 0. The zero-order valence-electron chi connectivity index (χ0n) is 5.66. The number of halogens is 1. The van der Waals surface area contributed by atoms with Crippen molar-refractivity contribution in [3.05, 3.63) is 11.6 Å². The van der Waals surface area contributed by atoms with Crippen LogP contribution in [0.4, 0.5) is 5.13 Å². The van der Waals surface area contributed by atoms with Gasteiger partial charge in [0.05, 0.1) is 0 Å². The maximum atomic E-state index is 10.4. The molecule has 1 amide bonds. The van der Waals surface area contributed by atoms with Gasteiger partial charge in [0.15, 0.2) is 6.54 Å². The van der Waals surface area contributed by atoms with Crippen molar-refractivity contribution in [3.63, 3.8) is 0 Å². The number of thiazole rings is 1. The molecule has 4 nitrogen and oxygen atoms in total. The van der Waals surface area contributed by atoms with Crippen molar-refractivity contribution >= 4 is 22.4 Å². The van der Waals surface area contributed by atoms with Crippen LogP contribution < -0.4 is 33.0 Å². The second-order valence-corrected chi connectivity index (χ2v) is 2.76. The fourth-order valence-corrected chi connectivity index (χ4v) is 1.22. The van der Waals surface area contributed by atoms with Crippen LogP contribution in [-0.2, 0) is 11.3 Å². The molecule has 0 radical (unpaired) electrons. The second-order valence-electron chi connectivity index (χ2n) is 1.84. The third kappa shape index (κ3) is 2.85. The monoisotopic (exact) mass is 237 g/mol. The van der Waals surface area contributed by atoms with Gasteiger partial charge >= 0.3 is 5.13 Å². The van der Waals surface area contributed by atoms with Gasteiger partial charge in [-0.2, -0.15) is 0 Å². The van der Waals surface area contributed by atoms with E-state index in [-0.39, 0.29) is 29.4 Å². The number of aromatic nitrogens is 1. The van der Waals surface area contributed by atoms with Crippen LogP contribution in [-0.4, -0.2) is 5.91 Å². The van der Waals surface area contributed by atoms with E-state index in [1.807, 2.05) is 0 Å². The summed E-state index contributed by atoms with van der Waals surface area (Å²) in [5, 5.41) is 2.40. The number of nitrogens with zero attached hydrogens (tertiary/aromatic N) is 1. The van der Waals surface area contributed by atoms with Crippen LogP contribution >= 0.6 is 11.3 Å². The summed E-state index contributed by atoms with van der Waals surface area (Å²) >= 11 is 1.38. The third-order valence-corrected chi connectivity index (χ3v) is 1.77. The van der Waals surface area contributed by atoms with Crippen LogP contribution in [0.1, 0.15) is 0 Å². The smallest absolute Gasteiger partial charge is 0.332 e. The van der Waals surface area contributed by atoms with Crippen molar-refractivity contribution in [2.24, 2.45) is 5.73 Å². The Morgan fingerprint density at radius 3 is 2.73 bits per heavy atom. The van der Waals surface area contributed by atoms with Gasteiger partial charge in [0, 0.05) is 5.38 Å². The molecule has 0 aliphatic rings. The van der Waals surface area contributed by atoms with Gasteiger partial charge in [-0.25, -0.2) is 4.57 Å². The van der Waals surface area contributed by atoms with E-state index in [1.165, 1.54) is 11.3 Å². The predicted molar refractivity (Wildman–Crippen MR) is 38.1 cm³/mol. The van der Waals surface area contributed by atoms with E-state index in [0.717, 1.165) is 0 Å². The number of primary amides is 1. The van der Waals surface area contributed by atoms with Crippen molar-refractivity contribution in [3.8, 4) is 0 Å². The summed E-state index contributed by atoms with van der Waals surface area (Å²) in [4.78, 5) is 10.4. The first-order valence-corrected chi connectivity index (χ1v) is 3.59. The summed E-state index contributed by atoms with van der Waals surface area (Å²) in [6, 6.07) is 0. The molecule has 1 rings (SSSR count). The molecule has 6 heteroatoms. The molecule has 0 aliphatic heterocycles. The van der Waals surface area contributed by atoms with E-state index in [0.29, 0.717) is 5.13 Å². The Bertz CT molecular complexity index is 250. The Morgan fingerprint density at radius 2 is 2.36 bits per heavy atom. The molecule has 0 atom stereocenters. The number of hydrogen-bond acceptors (Lipinski definition) is 3. The van der Waals surface area contributed by atoms with Crippen LogP contribution in [0.5, 0.6) is 0 Å². The Balaban J connectivity index is 0.000001000. The highest BCUT2D eigenvalue weighted by atomic mass is 79.9. The quantitative estimate of drug-likeness (QED) is 0.517. The van der Waals surface area contributed by atoms with E-state index in [4.69, 9.17) is 11.5 Å². The number of hydrogen-bond donors (Lipinski definition) is 2. The Hall–Kier alpha value is -0.620. The van der Waals surface area contributed by atoms with Crippen molar-refractivity contribution in [1.82, 2.24) is 0 Å². The molecule has 0 aliphatic carbocycles. The molecule has 1 heterocycles. The largest absolute Gasteiger partial charge is 1.00 e. The fourth-order valence-electron chi connectivity index (χ4n) is 0.613. The molecule has 0 saturated carbocycles. The van der Waals surface area contributed by atoms with Gasteiger partial charge in [0.2, 0.25) is 0 Å². The van der Waals surface area contributed by atoms with Gasteiger partial charge in [-0.05, 0) is 0 Å². The molecule has 1 aromatic rings. The standard InChI is InChI=1S/C5H7N3OS.BrH/c6-4(9)3-8-1-2-10-5(8)7;/h1-2,7H,3H2,(H2,6,9);1H. The number of nitrogens with two attached hydrogens (primary N) is 2. The van der Waals surface area contributed by atoms with Crippen LogP contribution in [0.25, 0.3) is 0 Å². The highest BCUT2D eigenvalue weighted by Crippen LogP contribution is 2.01. The number of nitrogen functional groups attached to an aromatic ring is 1. The number of carbonyl (C=O) groups is 1. The van der Waals surface area contributed by atoms with Gasteiger partial charge in [-0.1, -0.05) is 11.3 Å². The molecule has 0 unspecified atom stereocenters. The molecule has 0 bridgehead atoms. The highest BCUT2D eigenvalue weighted by molar-refractivity contribution is 7.12. The summed E-state index contributed by atoms with van der Waals surface area (Å²) in [5.41, 5.74) is 10.4. The second kappa shape index (κ2) is 4.30. The first-order valence-electron chi connectivity index (χ1n) is 2.71. The molecule has 0 fully saturated rings. The molecule has 0 spiro atoms. The number of amides is 1. The summed E-state index contributed by atoms with van der Waals surface area (Å²) in [6.07, 6.45) is 1.73. The Kier molecular flexibility index (Phi) is 4.06. The van der Waals surface area contributed by atoms with Crippen LogP contribution in [0.15, 0.2) is 11.6 Å². The first-order chi connectivity index (χ1) is 4.70. The van der Waals surface area contributed by atoms with Crippen molar-refractivity contribution in [1.29, 1.82) is 0 Å². The van der Waals surface area contributed by atoms with Crippen molar-refractivity contribution < 1.29 is 26.3 Å².